The van der Waals surface area contributed by atoms with E-state index >= 15 is 0 Å². The van der Waals surface area contributed by atoms with Gasteiger partial charge >= 0.3 is 0 Å². The Balaban J connectivity index is 0.000000236. The average Bonchev–Trinajstić information content (AvgIpc) is 2.66. The molecule has 2 aliphatic heterocycles. The van der Waals surface area contributed by atoms with Crippen LogP contribution in [0.5, 0.6) is 0 Å². The number of fused-ring (bicyclic) bond motifs is 1. The van der Waals surface area contributed by atoms with Gasteiger partial charge in [-0.25, -0.2) is 0 Å². The summed E-state index contributed by atoms with van der Waals surface area (Å²) in [7, 11) is 0. The lowest BCUT2D eigenvalue weighted by Crippen LogP contribution is -2.45. The van der Waals surface area contributed by atoms with Gasteiger partial charge in [0.2, 0.25) is 0 Å². The van der Waals surface area contributed by atoms with Crippen molar-refractivity contribution in [2.75, 3.05) is 31.1 Å². The molecule has 0 amide bonds. The van der Waals surface area contributed by atoms with E-state index in [9.17, 15) is 5.26 Å². The molecule has 0 unspecified atom stereocenters. The summed E-state index contributed by atoms with van der Waals surface area (Å²) >= 11 is 0. The van der Waals surface area contributed by atoms with E-state index in [1.807, 2.05) is 24.3 Å². The van der Waals surface area contributed by atoms with Gasteiger partial charge in [-0.3, -0.25) is 4.98 Å². The second-order valence-electron chi connectivity index (χ2n) is 7.72. The molecule has 0 saturated carbocycles. The lowest BCUT2D eigenvalue weighted by atomic mass is 10.1. The quantitative estimate of drug-likeness (QED) is 0.817. The summed E-state index contributed by atoms with van der Waals surface area (Å²) in [6, 6.07) is 10.0. The second kappa shape index (κ2) is 9.33. The number of hydrogen-bond acceptors (Lipinski definition) is 6. The molecule has 4 rings (SSSR count). The van der Waals surface area contributed by atoms with Crippen LogP contribution in [0.1, 0.15) is 33.3 Å². The van der Waals surface area contributed by atoms with E-state index in [0.717, 1.165) is 42.8 Å². The predicted molar refractivity (Wildman–Crippen MR) is 112 cm³/mol. The van der Waals surface area contributed by atoms with Crippen molar-refractivity contribution < 1.29 is 9.47 Å². The summed E-state index contributed by atoms with van der Waals surface area (Å²) in [6.07, 6.45) is 2.96. The Morgan fingerprint density at radius 1 is 1.00 bits per heavy atom. The Bertz CT molecular complexity index is 817. The molecule has 2 saturated heterocycles. The molecule has 2 aromatic rings. The number of nitrogens with zero attached hydrogens (tertiary/aromatic N) is 3. The normalized spacial score (nSPS) is 27.6. The van der Waals surface area contributed by atoms with Gasteiger partial charge in [0.05, 0.1) is 35.5 Å². The summed E-state index contributed by atoms with van der Waals surface area (Å²) in [5.74, 6) is 0. The first-order valence-electron chi connectivity index (χ1n) is 10.0. The molecule has 28 heavy (non-hydrogen) atoms. The first kappa shape index (κ1) is 20.5. The molecule has 0 aliphatic carbocycles. The van der Waals surface area contributed by atoms with Crippen LogP contribution in [0.3, 0.4) is 0 Å². The number of hydrogen-bond donors (Lipinski definition) is 1. The van der Waals surface area contributed by atoms with Gasteiger partial charge in [-0.15, -0.1) is 0 Å². The molecule has 4 atom stereocenters. The van der Waals surface area contributed by atoms with Gasteiger partial charge in [-0.1, -0.05) is 0 Å². The minimum Gasteiger partial charge on any atom is -0.373 e. The van der Waals surface area contributed by atoms with Crippen molar-refractivity contribution in [1.82, 2.24) is 10.3 Å². The zero-order chi connectivity index (χ0) is 20.1. The number of nitriles is 1. The van der Waals surface area contributed by atoms with Gasteiger partial charge in [-0.2, -0.15) is 5.26 Å². The molecule has 1 N–H and O–H groups in total. The third-order valence-corrected chi connectivity index (χ3v) is 4.96. The van der Waals surface area contributed by atoms with Crippen LogP contribution in [0.2, 0.25) is 0 Å². The predicted octanol–water partition coefficient (Wildman–Crippen LogP) is 3.10. The maximum atomic E-state index is 9.20. The van der Waals surface area contributed by atoms with Crippen molar-refractivity contribution in [1.29, 1.82) is 5.26 Å². The molecule has 150 valence electrons. The van der Waals surface area contributed by atoms with Gasteiger partial charge in [-0.05, 0) is 52.0 Å². The standard InChI is InChI=1S/C16H17N3O.C6H13NO/c1-11-9-19(10-12(2)20-11)15-6-5-13(8-17)16-14(15)4-3-7-18-16;1-5-3-7-4-6(2)8-5/h3-7,11-12H,9-10H2,1-2H3;5-7H,3-4H2,1-2H3/t11-,12+;5-,6+. The number of benzene rings is 1. The van der Waals surface area contributed by atoms with E-state index in [1.165, 1.54) is 0 Å². The zero-order valence-electron chi connectivity index (χ0n) is 17.2. The number of aromatic nitrogens is 1. The Labute approximate surface area is 167 Å². The fraction of sp³-hybridized carbons (Fsp3) is 0.545. The molecule has 2 aliphatic rings. The highest BCUT2D eigenvalue weighted by molar-refractivity contribution is 5.95. The minimum absolute atomic E-state index is 0.209. The van der Waals surface area contributed by atoms with Crippen LogP contribution in [0, 0.1) is 11.3 Å². The van der Waals surface area contributed by atoms with Crippen LogP contribution < -0.4 is 10.2 Å². The second-order valence-corrected chi connectivity index (χ2v) is 7.72. The number of ether oxygens (including phenoxy) is 2. The SMILES string of the molecule is C[C@@H]1CN(c2ccc(C#N)c3ncccc23)C[C@H](C)O1.C[C@@H]1CNC[C@H](C)O1. The molecule has 0 radical (unpaired) electrons. The maximum Gasteiger partial charge on any atom is 0.101 e. The topological polar surface area (TPSA) is 70.4 Å². The van der Waals surface area contributed by atoms with E-state index in [4.69, 9.17) is 9.47 Å². The van der Waals surface area contributed by atoms with Crippen molar-refractivity contribution in [2.45, 2.75) is 52.1 Å². The highest BCUT2D eigenvalue weighted by Gasteiger charge is 2.24. The Hall–Kier alpha value is -2.20. The Kier molecular flexibility index (Phi) is 6.84. The minimum atomic E-state index is 0.209. The van der Waals surface area contributed by atoms with Gasteiger partial charge in [0.1, 0.15) is 6.07 Å². The average molecular weight is 383 g/mol. The summed E-state index contributed by atoms with van der Waals surface area (Å²) in [6.45, 7) is 12.1. The molecule has 3 heterocycles. The Morgan fingerprint density at radius 3 is 2.21 bits per heavy atom. The van der Waals surface area contributed by atoms with E-state index in [0.29, 0.717) is 17.8 Å². The maximum absolute atomic E-state index is 9.20. The molecule has 6 heteroatoms. The van der Waals surface area contributed by atoms with E-state index < -0.39 is 0 Å². The van der Waals surface area contributed by atoms with Crippen molar-refractivity contribution in [3.05, 3.63) is 36.0 Å². The monoisotopic (exact) mass is 382 g/mol. The van der Waals surface area contributed by atoms with Crippen LogP contribution in [0.25, 0.3) is 10.9 Å². The first-order chi connectivity index (χ1) is 13.5. The number of morpholine rings is 2. The molecule has 1 aromatic carbocycles. The largest absolute Gasteiger partial charge is 0.373 e. The molecule has 1 aromatic heterocycles. The lowest BCUT2D eigenvalue weighted by Gasteiger charge is -2.37. The van der Waals surface area contributed by atoms with Crippen LogP contribution >= 0.6 is 0 Å². The van der Waals surface area contributed by atoms with Crippen molar-refractivity contribution in [3.8, 4) is 6.07 Å². The lowest BCUT2D eigenvalue weighted by molar-refractivity contribution is -0.0166. The van der Waals surface area contributed by atoms with Crippen molar-refractivity contribution in [3.63, 3.8) is 0 Å². The molecular weight excluding hydrogens is 352 g/mol. The number of rotatable bonds is 1. The van der Waals surface area contributed by atoms with Crippen LogP contribution in [0.4, 0.5) is 5.69 Å². The molecule has 0 spiro atoms. The number of anilines is 1. The summed E-state index contributed by atoms with van der Waals surface area (Å²) in [4.78, 5) is 6.69. The number of nitrogens with one attached hydrogen (secondary N) is 1. The van der Waals surface area contributed by atoms with Gasteiger partial charge < -0.3 is 19.7 Å². The fourth-order valence-electron chi connectivity index (χ4n) is 3.88. The van der Waals surface area contributed by atoms with Crippen LogP contribution in [-0.2, 0) is 9.47 Å². The highest BCUT2D eigenvalue weighted by Crippen LogP contribution is 2.30. The van der Waals surface area contributed by atoms with E-state index in [-0.39, 0.29) is 12.2 Å². The van der Waals surface area contributed by atoms with Crippen LogP contribution in [0.15, 0.2) is 30.5 Å². The number of pyridine rings is 1. The fourth-order valence-corrected chi connectivity index (χ4v) is 3.88. The molecule has 6 nitrogen and oxygen atoms in total. The molecule has 2 fully saturated rings. The van der Waals surface area contributed by atoms with Gasteiger partial charge in [0, 0.05) is 43.4 Å². The van der Waals surface area contributed by atoms with Crippen molar-refractivity contribution in [2.24, 2.45) is 0 Å². The molecular formula is C22H30N4O2. The van der Waals surface area contributed by atoms with Gasteiger partial charge in [0.25, 0.3) is 0 Å². The van der Waals surface area contributed by atoms with Crippen LogP contribution in [-0.4, -0.2) is 55.6 Å². The summed E-state index contributed by atoms with van der Waals surface area (Å²) in [5, 5.41) is 13.5. The van der Waals surface area contributed by atoms with E-state index in [1.54, 1.807) is 6.20 Å². The van der Waals surface area contributed by atoms with Gasteiger partial charge in [0.15, 0.2) is 0 Å². The summed E-state index contributed by atoms with van der Waals surface area (Å²) in [5.41, 5.74) is 2.53. The molecule has 0 bridgehead atoms. The smallest absolute Gasteiger partial charge is 0.101 e. The van der Waals surface area contributed by atoms with Crippen molar-refractivity contribution >= 4 is 16.6 Å². The highest BCUT2D eigenvalue weighted by atomic mass is 16.5. The zero-order valence-corrected chi connectivity index (χ0v) is 17.2. The Morgan fingerprint density at radius 2 is 1.64 bits per heavy atom. The third-order valence-electron chi connectivity index (χ3n) is 4.96. The van der Waals surface area contributed by atoms with E-state index in [2.05, 4.69) is 49.0 Å². The summed E-state index contributed by atoms with van der Waals surface area (Å²) < 4.78 is 11.2. The third kappa shape index (κ3) is 4.99. The first-order valence-corrected chi connectivity index (χ1v) is 10.0.